The Kier molecular flexibility index (Phi) is 9.47. The molecule has 3 fully saturated rings. The fraction of sp³-hybridized carbons (Fsp3) is 0.903. The molecule has 0 aromatic rings. The van der Waals surface area contributed by atoms with Gasteiger partial charge in [0.2, 0.25) is 0 Å². The fourth-order valence-corrected chi connectivity index (χ4v) is 9.22. The second kappa shape index (κ2) is 12.2. The summed E-state index contributed by atoms with van der Waals surface area (Å²) in [5, 5.41) is 2.83. The monoisotopic (exact) mass is 502 g/mol. The van der Waals surface area contributed by atoms with Crippen molar-refractivity contribution in [3.05, 3.63) is 11.6 Å². The van der Waals surface area contributed by atoms with Gasteiger partial charge in [-0.3, -0.25) is 0 Å². The number of carbonyl (C=O) groups excluding carboxylic acids is 1. The lowest BCUT2D eigenvalue weighted by Gasteiger charge is -2.58. The van der Waals surface area contributed by atoms with Crippen LogP contribution in [0.4, 0.5) is 4.79 Å². The summed E-state index contributed by atoms with van der Waals surface area (Å²) in [6, 6.07) is 0. The summed E-state index contributed by atoms with van der Waals surface area (Å²) in [7, 11) is 0. The summed E-state index contributed by atoms with van der Waals surface area (Å²) >= 11 is 0. The van der Waals surface area contributed by atoms with Crippen LogP contribution >= 0.6 is 0 Å². The van der Waals surface area contributed by atoms with E-state index in [9.17, 15) is 4.79 Å². The smallest absolute Gasteiger partial charge is 0.407 e. The highest BCUT2D eigenvalue weighted by Gasteiger charge is 2.59. The van der Waals surface area contributed by atoms with E-state index in [1.165, 1.54) is 57.8 Å². The molecule has 0 aromatic heterocycles. The number of hydrogen-bond acceptors (Lipinski definition) is 4. The van der Waals surface area contributed by atoms with Gasteiger partial charge in [0, 0.05) is 19.5 Å². The minimum absolute atomic E-state index is 0.000442. The van der Waals surface area contributed by atoms with E-state index in [0.717, 1.165) is 48.9 Å². The fourth-order valence-electron chi connectivity index (χ4n) is 9.22. The summed E-state index contributed by atoms with van der Waals surface area (Å²) < 4.78 is 11.2. The van der Waals surface area contributed by atoms with Crippen LogP contribution in [0.1, 0.15) is 105 Å². The average molecular weight is 503 g/mol. The molecule has 0 spiro atoms. The maximum atomic E-state index is 12.3. The van der Waals surface area contributed by atoms with E-state index < -0.39 is 0 Å². The van der Waals surface area contributed by atoms with Gasteiger partial charge < -0.3 is 20.5 Å². The molecule has 0 bridgehead atoms. The first-order valence-corrected chi connectivity index (χ1v) is 15.2. The zero-order valence-corrected chi connectivity index (χ0v) is 23.7. The minimum Gasteiger partial charge on any atom is -0.446 e. The minimum atomic E-state index is -0.312. The first-order chi connectivity index (χ1) is 17.3. The maximum Gasteiger partial charge on any atom is 0.407 e. The van der Waals surface area contributed by atoms with Gasteiger partial charge in [-0.15, -0.1) is 0 Å². The predicted molar refractivity (Wildman–Crippen MR) is 147 cm³/mol. The summed E-state index contributed by atoms with van der Waals surface area (Å²) in [4.78, 5) is 12.3. The lowest BCUT2D eigenvalue weighted by Crippen LogP contribution is -2.51. The SMILES string of the molecule is CCCCC[C@@H](C)[C@H]1CCC2C3CC=C4C[C@@H](OC(=O)NCCOCCN)CC[C@]4(C)C3CC[C@@]21C. The molecule has 4 rings (SSSR count). The van der Waals surface area contributed by atoms with Crippen LogP contribution in [-0.4, -0.2) is 38.5 Å². The average Bonchev–Trinajstić information content (AvgIpc) is 3.21. The summed E-state index contributed by atoms with van der Waals surface area (Å²) in [5.74, 6) is 4.34. The van der Waals surface area contributed by atoms with Crippen molar-refractivity contribution >= 4 is 6.09 Å². The zero-order chi connectivity index (χ0) is 25.8. The molecule has 3 N–H and O–H groups in total. The van der Waals surface area contributed by atoms with Crippen molar-refractivity contribution in [2.75, 3.05) is 26.3 Å². The van der Waals surface area contributed by atoms with Crippen LogP contribution in [0, 0.1) is 40.4 Å². The zero-order valence-electron chi connectivity index (χ0n) is 23.7. The molecule has 0 aliphatic heterocycles. The quantitative estimate of drug-likeness (QED) is 0.239. The number of amides is 1. The topological polar surface area (TPSA) is 73.6 Å². The molecule has 0 aromatic carbocycles. The van der Waals surface area contributed by atoms with Gasteiger partial charge >= 0.3 is 6.09 Å². The van der Waals surface area contributed by atoms with Gasteiger partial charge in [0.1, 0.15) is 6.10 Å². The predicted octanol–water partition coefficient (Wildman–Crippen LogP) is 6.85. The van der Waals surface area contributed by atoms with E-state index >= 15 is 0 Å². The molecule has 4 aliphatic carbocycles. The van der Waals surface area contributed by atoms with Gasteiger partial charge in [0.05, 0.1) is 13.2 Å². The van der Waals surface area contributed by atoms with Crippen molar-refractivity contribution in [3.63, 3.8) is 0 Å². The van der Waals surface area contributed by atoms with Crippen LogP contribution in [0.25, 0.3) is 0 Å². The Labute approximate surface area is 220 Å². The van der Waals surface area contributed by atoms with E-state index in [1.807, 2.05) is 0 Å². The van der Waals surface area contributed by atoms with E-state index in [0.29, 0.717) is 37.1 Å². The van der Waals surface area contributed by atoms with Crippen LogP contribution in [-0.2, 0) is 9.47 Å². The van der Waals surface area contributed by atoms with E-state index in [2.05, 4.69) is 39.1 Å². The van der Waals surface area contributed by atoms with E-state index in [-0.39, 0.29) is 12.2 Å². The Hall–Kier alpha value is -1.07. The Bertz CT molecular complexity index is 769. The second-order valence-corrected chi connectivity index (χ2v) is 13.1. The van der Waals surface area contributed by atoms with Crippen molar-refractivity contribution < 1.29 is 14.3 Å². The van der Waals surface area contributed by atoms with Gasteiger partial charge in [0.15, 0.2) is 0 Å². The molecule has 36 heavy (non-hydrogen) atoms. The molecule has 5 nitrogen and oxygen atoms in total. The molecule has 1 amide bonds. The molecule has 5 heteroatoms. The first-order valence-electron chi connectivity index (χ1n) is 15.2. The van der Waals surface area contributed by atoms with Crippen molar-refractivity contribution in [3.8, 4) is 0 Å². The number of alkyl carbamates (subject to hydrolysis) is 1. The summed E-state index contributed by atoms with van der Waals surface area (Å²) in [6.07, 6.45) is 17.8. The molecule has 206 valence electrons. The first kappa shape index (κ1) is 28.0. The van der Waals surface area contributed by atoms with Gasteiger partial charge in [-0.2, -0.15) is 0 Å². The molecule has 4 aliphatic rings. The van der Waals surface area contributed by atoms with Crippen molar-refractivity contribution in [2.24, 2.45) is 46.2 Å². The third kappa shape index (κ3) is 5.67. The molecule has 0 heterocycles. The molecule has 0 radical (unpaired) electrons. The Balaban J connectivity index is 1.35. The normalized spacial score (nSPS) is 38.4. The third-order valence-electron chi connectivity index (χ3n) is 11.1. The lowest BCUT2D eigenvalue weighted by atomic mass is 9.47. The number of hydrogen-bond donors (Lipinski definition) is 2. The molecular weight excluding hydrogens is 448 g/mol. The Morgan fingerprint density at radius 3 is 2.75 bits per heavy atom. The molecule has 3 unspecified atom stereocenters. The summed E-state index contributed by atoms with van der Waals surface area (Å²) in [5.41, 5.74) is 7.84. The number of allylic oxidation sites excluding steroid dienone is 1. The van der Waals surface area contributed by atoms with Gasteiger partial charge in [-0.25, -0.2) is 4.79 Å². The standard InChI is InChI=1S/C31H54N2O3/c1-5-6-7-8-22(2)26-11-12-27-25-10-9-23-21-24(36-29(34)33-18-20-35-19-17-32)13-15-30(23,3)28(25)14-16-31(26,27)4/h9,22,24-28H,5-8,10-21,32H2,1-4H3,(H,33,34)/t22-,24+,25?,26-,27?,28?,30+,31-/m1/s1. The van der Waals surface area contributed by atoms with Crippen LogP contribution in [0.2, 0.25) is 0 Å². The Morgan fingerprint density at radius 1 is 1.14 bits per heavy atom. The van der Waals surface area contributed by atoms with E-state index in [1.54, 1.807) is 5.57 Å². The molecular formula is C31H54N2O3. The second-order valence-electron chi connectivity index (χ2n) is 13.1. The molecule has 8 atom stereocenters. The number of nitrogens with two attached hydrogens (primary N) is 1. The number of nitrogens with one attached hydrogen (secondary N) is 1. The number of carbonyl (C=O) groups is 1. The highest BCUT2D eigenvalue weighted by Crippen LogP contribution is 2.67. The van der Waals surface area contributed by atoms with Gasteiger partial charge in [-0.05, 0) is 85.4 Å². The van der Waals surface area contributed by atoms with Gasteiger partial charge in [-0.1, -0.05) is 65.0 Å². The van der Waals surface area contributed by atoms with Crippen molar-refractivity contribution in [2.45, 2.75) is 111 Å². The summed E-state index contributed by atoms with van der Waals surface area (Å²) in [6.45, 7) is 12.1. The van der Waals surface area contributed by atoms with Gasteiger partial charge in [0.25, 0.3) is 0 Å². The number of rotatable bonds is 11. The lowest BCUT2D eigenvalue weighted by molar-refractivity contribution is -0.0581. The van der Waals surface area contributed by atoms with Crippen molar-refractivity contribution in [1.29, 1.82) is 0 Å². The van der Waals surface area contributed by atoms with Crippen molar-refractivity contribution in [1.82, 2.24) is 5.32 Å². The van der Waals surface area contributed by atoms with Crippen LogP contribution in [0.3, 0.4) is 0 Å². The number of unbranched alkanes of at least 4 members (excludes halogenated alkanes) is 2. The number of fused-ring (bicyclic) bond motifs is 5. The molecule has 0 saturated heterocycles. The van der Waals surface area contributed by atoms with Crippen LogP contribution < -0.4 is 11.1 Å². The molecule has 3 saturated carbocycles. The maximum absolute atomic E-state index is 12.3. The van der Waals surface area contributed by atoms with E-state index in [4.69, 9.17) is 15.2 Å². The highest BCUT2D eigenvalue weighted by molar-refractivity contribution is 5.67. The van der Waals surface area contributed by atoms with Crippen LogP contribution in [0.5, 0.6) is 0 Å². The Morgan fingerprint density at radius 2 is 1.97 bits per heavy atom. The largest absolute Gasteiger partial charge is 0.446 e. The van der Waals surface area contributed by atoms with Crippen LogP contribution in [0.15, 0.2) is 11.6 Å². The third-order valence-corrected chi connectivity index (χ3v) is 11.1. The highest BCUT2D eigenvalue weighted by atomic mass is 16.6. The number of ether oxygens (including phenoxy) is 2.